The van der Waals surface area contributed by atoms with Gasteiger partial charge in [0, 0.05) is 18.5 Å². The van der Waals surface area contributed by atoms with Crippen LogP contribution in [-0.4, -0.2) is 51.2 Å². The summed E-state index contributed by atoms with van der Waals surface area (Å²) in [6.07, 6.45) is -2.50. The molecule has 0 atom stereocenters. The molecule has 8 heteroatoms. The van der Waals surface area contributed by atoms with E-state index >= 15 is 0 Å². The molecular formula is C30H33F3N2O3. The van der Waals surface area contributed by atoms with Gasteiger partial charge in [-0.05, 0) is 61.7 Å². The van der Waals surface area contributed by atoms with Crippen molar-refractivity contribution in [1.82, 2.24) is 10.2 Å². The monoisotopic (exact) mass is 526 g/mol. The van der Waals surface area contributed by atoms with E-state index in [0.29, 0.717) is 42.1 Å². The highest BCUT2D eigenvalue weighted by atomic mass is 19.4. The van der Waals surface area contributed by atoms with Crippen LogP contribution < -0.4 is 14.8 Å². The first-order valence-electron chi connectivity index (χ1n) is 12.7. The lowest BCUT2D eigenvalue weighted by Gasteiger charge is -2.42. The average molecular weight is 527 g/mol. The van der Waals surface area contributed by atoms with Crippen LogP contribution in [0.1, 0.15) is 39.9 Å². The Balaban J connectivity index is 1.46. The van der Waals surface area contributed by atoms with Gasteiger partial charge in [0.15, 0.2) is 0 Å². The van der Waals surface area contributed by atoms with Gasteiger partial charge in [0.2, 0.25) is 0 Å². The van der Waals surface area contributed by atoms with Crippen molar-refractivity contribution in [2.24, 2.45) is 0 Å². The number of benzene rings is 3. The molecule has 0 unspecified atom stereocenters. The summed E-state index contributed by atoms with van der Waals surface area (Å²) in [5, 5.41) is 3.11. The minimum atomic E-state index is -4.36. The smallest absolute Gasteiger partial charge is 0.416 e. The zero-order valence-electron chi connectivity index (χ0n) is 21.7. The van der Waals surface area contributed by atoms with Crippen LogP contribution in [0.3, 0.4) is 0 Å². The lowest BCUT2D eigenvalue weighted by atomic mass is 9.72. The van der Waals surface area contributed by atoms with Gasteiger partial charge in [0.25, 0.3) is 5.91 Å². The van der Waals surface area contributed by atoms with Crippen LogP contribution in [0.2, 0.25) is 0 Å². The average Bonchev–Trinajstić information content (AvgIpc) is 2.95. The van der Waals surface area contributed by atoms with E-state index in [1.165, 1.54) is 20.3 Å². The van der Waals surface area contributed by atoms with Gasteiger partial charge < -0.3 is 19.7 Å². The van der Waals surface area contributed by atoms with Crippen LogP contribution in [0.15, 0.2) is 72.8 Å². The molecule has 0 aromatic heterocycles. The van der Waals surface area contributed by atoms with Crippen molar-refractivity contribution in [2.45, 2.75) is 30.9 Å². The number of carbonyl (C=O) groups is 1. The fraction of sp³-hybridized carbons (Fsp3) is 0.367. The van der Waals surface area contributed by atoms with Gasteiger partial charge in [-0.3, -0.25) is 4.79 Å². The zero-order valence-corrected chi connectivity index (χ0v) is 21.7. The first-order chi connectivity index (χ1) is 18.3. The van der Waals surface area contributed by atoms with Crippen molar-refractivity contribution in [3.05, 3.63) is 95.1 Å². The summed E-state index contributed by atoms with van der Waals surface area (Å²) in [5.74, 6) is 0.593. The molecule has 1 amide bonds. The molecule has 4 rings (SSSR count). The number of halogens is 3. The molecule has 3 aromatic carbocycles. The number of nitrogens with one attached hydrogen (secondary N) is 1. The minimum absolute atomic E-state index is 0.277. The Labute approximate surface area is 221 Å². The molecule has 1 N–H and O–H groups in total. The Kier molecular flexibility index (Phi) is 8.62. The molecule has 0 bridgehead atoms. The minimum Gasteiger partial charge on any atom is -0.496 e. The molecule has 0 aliphatic carbocycles. The van der Waals surface area contributed by atoms with Crippen LogP contribution >= 0.6 is 0 Å². The Morgan fingerprint density at radius 3 is 2.11 bits per heavy atom. The predicted molar refractivity (Wildman–Crippen MR) is 141 cm³/mol. The van der Waals surface area contributed by atoms with E-state index in [0.717, 1.165) is 37.6 Å². The maximum absolute atomic E-state index is 13.4. The largest absolute Gasteiger partial charge is 0.496 e. The summed E-state index contributed by atoms with van der Waals surface area (Å²) in [6.45, 7) is 2.40. The summed E-state index contributed by atoms with van der Waals surface area (Å²) >= 11 is 0. The third kappa shape index (κ3) is 6.13. The molecule has 1 heterocycles. The highest BCUT2D eigenvalue weighted by Crippen LogP contribution is 2.37. The van der Waals surface area contributed by atoms with Gasteiger partial charge >= 0.3 is 6.18 Å². The molecule has 38 heavy (non-hydrogen) atoms. The lowest BCUT2D eigenvalue weighted by Crippen LogP contribution is -2.49. The number of piperidine rings is 1. The number of nitrogens with zero attached hydrogens (tertiary/aromatic N) is 1. The summed E-state index contributed by atoms with van der Waals surface area (Å²) < 4.78 is 51.0. The second-order valence-corrected chi connectivity index (χ2v) is 9.61. The number of hydrogen-bond acceptors (Lipinski definition) is 4. The van der Waals surface area contributed by atoms with Crippen LogP contribution in [-0.2, 0) is 18.0 Å². The SMILES string of the molecule is COc1cccc(OC)c1C(=O)NCC1(c2ccccc2)CCN(CCc2ccccc2C(F)(F)F)CC1. The number of hydrogen-bond donors (Lipinski definition) is 1. The molecule has 1 aliphatic rings. The number of ether oxygens (including phenoxy) is 2. The highest BCUT2D eigenvalue weighted by Gasteiger charge is 2.37. The first kappa shape index (κ1) is 27.5. The second-order valence-electron chi connectivity index (χ2n) is 9.61. The Morgan fingerprint density at radius 2 is 1.50 bits per heavy atom. The van der Waals surface area contributed by atoms with Crippen molar-refractivity contribution in [2.75, 3.05) is 40.4 Å². The quantitative estimate of drug-likeness (QED) is 0.387. The van der Waals surface area contributed by atoms with Crippen LogP contribution in [0.4, 0.5) is 13.2 Å². The maximum Gasteiger partial charge on any atom is 0.416 e. The summed E-state index contributed by atoms with van der Waals surface area (Å²) in [7, 11) is 3.03. The van der Waals surface area contributed by atoms with Crippen LogP contribution in [0.5, 0.6) is 11.5 Å². The van der Waals surface area contributed by atoms with Gasteiger partial charge in [-0.2, -0.15) is 13.2 Å². The molecular weight excluding hydrogens is 493 g/mol. The highest BCUT2D eigenvalue weighted by molar-refractivity contribution is 5.99. The van der Waals surface area contributed by atoms with E-state index < -0.39 is 11.7 Å². The number of amides is 1. The van der Waals surface area contributed by atoms with Crippen molar-refractivity contribution in [1.29, 1.82) is 0 Å². The van der Waals surface area contributed by atoms with Gasteiger partial charge in [0.05, 0.1) is 19.8 Å². The van der Waals surface area contributed by atoms with E-state index in [1.807, 2.05) is 18.2 Å². The molecule has 1 saturated heterocycles. The van der Waals surface area contributed by atoms with E-state index in [4.69, 9.17) is 9.47 Å². The number of rotatable bonds is 9. The molecule has 0 spiro atoms. The second kappa shape index (κ2) is 11.9. The van der Waals surface area contributed by atoms with Crippen molar-refractivity contribution in [3.8, 4) is 11.5 Å². The molecule has 3 aromatic rings. The zero-order chi connectivity index (χ0) is 27.2. The topological polar surface area (TPSA) is 50.8 Å². The first-order valence-corrected chi connectivity index (χ1v) is 12.7. The number of alkyl halides is 3. The summed E-state index contributed by atoms with van der Waals surface area (Å²) in [6, 6.07) is 21.1. The van der Waals surface area contributed by atoms with E-state index in [2.05, 4.69) is 22.3 Å². The van der Waals surface area contributed by atoms with Gasteiger partial charge in [-0.1, -0.05) is 54.6 Å². The van der Waals surface area contributed by atoms with Crippen molar-refractivity contribution >= 4 is 5.91 Å². The van der Waals surface area contributed by atoms with E-state index in [9.17, 15) is 18.0 Å². The number of likely N-dealkylation sites (tertiary alicyclic amines) is 1. The maximum atomic E-state index is 13.4. The van der Waals surface area contributed by atoms with E-state index in [1.54, 1.807) is 30.3 Å². The fourth-order valence-electron chi connectivity index (χ4n) is 5.27. The normalized spacial score (nSPS) is 15.6. The van der Waals surface area contributed by atoms with Crippen LogP contribution in [0, 0.1) is 0 Å². The molecule has 0 saturated carbocycles. The van der Waals surface area contributed by atoms with Crippen molar-refractivity contribution in [3.63, 3.8) is 0 Å². The molecule has 0 radical (unpaired) electrons. The number of methoxy groups -OCH3 is 2. The van der Waals surface area contributed by atoms with Crippen molar-refractivity contribution < 1.29 is 27.4 Å². The number of carbonyl (C=O) groups excluding carboxylic acids is 1. The van der Waals surface area contributed by atoms with E-state index in [-0.39, 0.29) is 11.3 Å². The van der Waals surface area contributed by atoms with Gasteiger partial charge in [0.1, 0.15) is 17.1 Å². The van der Waals surface area contributed by atoms with Gasteiger partial charge in [-0.15, -0.1) is 0 Å². The van der Waals surface area contributed by atoms with Gasteiger partial charge in [-0.25, -0.2) is 0 Å². The Morgan fingerprint density at radius 1 is 0.895 bits per heavy atom. The summed E-state index contributed by atoms with van der Waals surface area (Å²) in [4.78, 5) is 15.5. The molecule has 5 nitrogen and oxygen atoms in total. The Bertz CT molecular complexity index is 1200. The molecule has 1 fully saturated rings. The van der Waals surface area contributed by atoms with Crippen LogP contribution in [0.25, 0.3) is 0 Å². The lowest BCUT2D eigenvalue weighted by molar-refractivity contribution is -0.138. The standard InChI is InChI=1S/C30H33F3N2O3/c1-37-25-13-8-14-26(38-2)27(25)28(36)34-21-29(23-10-4-3-5-11-23)16-19-35(20-17-29)18-15-22-9-6-7-12-24(22)30(31,32)33/h3-14H,15-21H2,1-2H3,(H,34,36). The summed E-state index contributed by atoms with van der Waals surface area (Å²) in [5.41, 5.74) is 0.936. The third-order valence-corrected chi connectivity index (χ3v) is 7.46. The molecule has 1 aliphatic heterocycles. The Hall–Kier alpha value is -3.52. The third-order valence-electron chi connectivity index (χ3n) is 7.46. The molecule has 202 valence electrons. The predicted octanol–water partition coefficient (Wildman–Crippen LogP) is 5.73. The fourth-order valence-corrected chi connectivity index (χ4v) is 5.27.